The van der Waals surface area contributed by atoms with Gasteiger partial charge >= 0.3 is 0 Å². The van der Waals surface area contributed by atoms with E-state index in [1.54, 1.807) is 25.4 Å². The fourth-order valence-electron chi connectivity index (χ4n) is 1.72. The van der Waals surface area contributed by atoms with Gasteiger partial charge in [-0.15, -0.1) is 0 Å². The van der Waals surface area contributed by atoms with Gasteiger partial charge in [0.1, 0.15) is 11.6 Å². The number of hydrogen-bond acceptors (Lipinski definition) is 3. The Morgan fingerprint density at radius 1 is 1.53 bits per heavy atom. The van der Waals surface area contributed by atoms with Gasteiger partial charge in [-0.05, 0) is 40.5 Å². The van der Waals surface area contributed by atoms with Crippen molar-refractivity contribution in [1.29, 1.82) is 0 Å². The number of rotatable bonds is 5. The molecule has 1 aromatic heterocycles. The van der Waals surface area contributed by atoms with E-state index in [-0.39, 0.29) is 11.9 Å². The lowest BCUT2D eigenvalue weighted by Crippen LogP contribution is -2.14. The van der Waals surface area contributed by atoms with Crippen LogP contribution in [0.5, 0.6) is 0 Å². The van der Waals surface area contributed by atoms with Gasteiger partial charge in [0, 0.05) is 19.3 Å². The predicted octanol–water partition coefficient (Wildman–Crippen LogP) is 3.01. The van der Waals surface area contributed by atoms with E-state index in [4.69, 9.17) is 10.5 Å². The highest BCUT2D eigenvalue weighted by molar-refractivity contribution is 9.10. The summed E-state index contributed by atoms with van der Waals surface area (Å²) in [6.45, 7) is 0.583. The van der Waals surface area contributed by atoms with Crippen LogP contribution in [-0.2, 0) is 4.74 Å². The van der Waals surface area contributed by atoms with Crippen molar-refractivity contribution in [3.05, 3.63) is 40.5 Å². The number of aromatic nitrogens is 2. The van der Waals surface area contributed by atoms with Gasteiger partial charge < -0.3 is 15.5 Å². The number of methoxy groups -OCH3 is 1. The predicted molar refractivity (Wildman–Crippen MR) is 75.1 cm³/mol. The van der Waals surface area contributed by atoms with Gasteiger partial charge in [-0.3, -0.25) is 0 Å². The molecule has 1 unspecified atom stereocenters. The minimum absolute atomic E-state index is 0.197. The summed E-state index contributed by atoms with van der Waals surface area (Å²) >= 11 is 3.16. The SMILES string of the molecule is COCCC(N)c1ncc(-c2ccc(F)c(Br)c2)[nH]1. The summed E-state index contributed by atoms with van der Waals surface area (Å²) in [5.74, 6) is 0.410. The van der Waals surface area contributed by atoms with Crippen LogP contribution in [0.3, 0.4) is 0 Å². The molecule has 0 radical (unpaired) electrons. The van der Waals surface area contributed by atoms with Crippen LogP contribution in [-0.4, -0.2) is 23.7 Å². The first kappa shape index (κ1) is 14.2. The molecule has 3 N–H and O–H groups in total. The van der Waals surface area contributed by atoms with Crippen LogP contribution >= 0.6 is 15.9 Å². The molecule has 4 nitrogen and oxygen atoms in total. The third-order valence-corrected chi connectivity index (χ3v) is 3.42. The lowest BCUT2D eigenvalue weighted by Gasteiger charge is -2.07. The van der Waals surface area contributed by atoms with Gasteiger partial charge in [0.05, 0.1) is 22.4 Å². The number of nitrogens with two attached hydrogens (primary N) is 1. The second-order valence-electron chi connectivity index (χ2n) is 4.20. The van der Waals surface area contributed by atoms with Gasteiger partial charge in [0.25, 0.3) is 0 Å². The van der Waals surface area contributed by atoms with Crippen LogP contribution < -0.4 is 5.73 Å². The van der Waals surface area contributed by atoms with Crippen molar-refractivity contribution in [2.24, 2.45) is 5.73 Å². The minimum Gasteiger partial charge on any atom is -0.385 e. The van der Waals surface area contributed by atoms with E-state index in [9.17, 15) is 4.39 Å². The van der Waals surface area contributed by atoms with Crippen molar-refractivity contribution in [2.75, 3.05) is 13.7 Å². The Kier molecular flexibility index (Phi) is 4.68. The van der Waals surface area contributed by atoms with Crippen LogP contribution in [0.1, 0.15) is 18.3 Å². The molecule has 102 valence electrons. The zero-order valence-electron chi connectivity index (χ0n) is 10.5. The maximum absolute atomic E-state index is 13.2. The summed E-state index contributed by atoms with van der Waals surface area (Å²) in [6.07, 6.45) is 2.39. The number of halogens is 2. The van der Waals surface area contributed by atoms with E-state index < -0.39 is 0 Å². The zero-order chi connectivity index (χ0) is 13.8. The van der Waals surface area contributed by atoms with Gasteiger partial charge in [0.15, 0.2) is 0 Å². The van der Waals surface area contributed by atoms with E-state index in [0.717, 1.165) is 11.3 Å². The minimum atomic E-state index is -0.291. The Labute approximate surface area is 119 Å². The molecular weight excluding hydrogens is 313 g/mol. The molecule has 0 spiro atoms. The van der Waals surface area contributed by atoms with Crippen LogP contribution in [0.25, 0.3) is 11.3 Å². The van der Waals surface area contributed by atoms with Gasteiger partial charge in [0.2, 0.25) is 0 Å². The van der Waals surface area contributed by atoms with Crippen molar-refractivity contribution in [1.82, 2.24) is 9.97 Å². The van der Waals surface area contributed by atoms with E-state index >= 15 is 0 Å². The van der Waals surface area contributed by atoms with Crippen molar-refractivity contribution < 1.29 is 9.13 Å². The number of benzene rings is 1. The molecule has 0 fully saturated rings. The van der Waals surface area contributed by atoms with Crippen molar-refractivity contribution in [3.63, 3.8) is 0 Å². The highest BCUT2D eigenvalue weighted by atomic mass is 79.9. The molecule has 0 aliphatic rings. The second-order valence-corrected chi connectivity index (χ2v) is 5.05. The molecule has 0 aliphatic carbocycles. The lowest BCUT2D eigenvalue weighted by atomic mass is 10.2. The monoisotopic (exact) mass is 327 g/mol. The Balaban J connectivity index is 2.18. The molecule has 0 aliphatic heterocycles. The first-order valence-corrected chi connectivity index (χ1v) is 6.66. The van der Waals surface area contributed by atoms with Crippen molar-refractivity contribution >= 4 is 15.9 Å². The topological polar surface area (TPSA) is 63.9 Å². The number of hydrogen-bond donors (Lipinski definition) is 2. The average molecular weight is 328 g/mol. The third-order valence-electron chi connectivity index (χ3n) is 2.81. The van der Waals surface area contributed by atoms with Gasteiger partial charge in [-0.1, -0.05) is 0 Å². The standard InChI is InChI=1S/C13H15BrFN3O/c1-19-5-4-11(16)13-17-7-12(18-13)8-2-3-10(15)9(14)6-8/h2-3,6-7,11H,4-5,16H2,1H3,(H,17,18). The maximum atomic E-state index is 13.2. The molecule has 2 aromatic rings. The summed E-state index contributed by atoms with van der Waals surface area (Å²) in [7, 11) is 1.64. The Morgan fingerprint density at radius 2 is 2.32 bits per heavy atom. The Hall–Kier alpha value is -1.24. The third kappa shape index (κ3) is 3.40. The quantitative estimate of drug-likeness (QED) is 0.887. The number of aromatic amines is 1. The average Bonchev–Trinajstić information content (AvgIpc) is 2.89. The molecule has 6 heteroatoms. The summed E-state index contributed by atoms with van der Waals surface area (Å²) in [6, 6.07) is 4.61. The summed E-state index contributed by atoms with van der Waals surface area (Å²) in [5, 5.41) is 0. The number of H-pyrrole nitrogens is 1. The molecule has 0 saturated heterocycles. The summed E-state index contributed by atoms with van der Waals surface area (Å²) < 4.78 is 18.6. The van der Waals surface area contributed by atoms with Crippen molar-refractivity contribution in [2.45, 2.75) is 12.5 Å². The van der Waals surface area contributed by atoms with Crippen molar-refractivity contribution in [3.8, 4) is 11.3 Å². The van der Waals surface area contributed by atoms with E-state index in [1.807, 2.05) is 0 Å². The Bertz CT molecular complexity index is 559. The molecule has 0 saturated carbocycles. The molecule has 0 amide bonds. The normalized spacial score (nSPS) is 12.6. The molecule has 1 heterocycles. The number of nitrogens with one attached hydrogen (secondary N) is 1. The first-order valence-electron chi connectivity index (χ1n) is 5.86. The number of nitrogens with zero attached hydrogens (tertiary/aromatic N) is 1. The molecule has 0 bridgehead atoms. The fourth-order valence-corrected chi connectivity index (χ4v) is 2.10. The fraction of sp³-hybridized carbons (Fsp3) is 0.308. The van der Waals surface area contributed by atoms with Crippen LogP contribution in [0.4, 0.5) is 4.39 Å². The smallest absolute Gasteiger partial charge is 0.137 e. The molecule has 19 heavy (non-hydrogen) atoms. The molecule has 1 atom stereocenters. The molecular formula is C13H15BrFN3O. The maximum Gasteiger partial charge on any atom is 0.137 e. The molecule has 1 aromatic carbocycles. The van der Waals surface area contributed by atoms with Gasteiger partial charge in [-0.25, -0.2) is 9.37 Å². The Morgan fingerprint density at radius 3 is 3.00 bits per heavy atom. The zero-order valence-corrected chi connectivity index (χ0v) is 12.1. The molecule has 2 rings (SSSR count). The summed E-state index contributed by atoms with van der Waals surface area (Å²) in [5.41, 5.74) is 7.65. The van der Waals surface area contributed by atoms with Gasteiger partial charge in [-0.2, -0.15) is 0 Å². The van der Waals surface area contributed by atoms with E-state index in [1.165, 1.54) is 6.07 Å². The number of ether oxygens (including phenoxy) is 1. The lowest BCUT2D eigenvalue weighted by molar-refractivity contribution is 0.187. The van der Waals surface area contributed by atoms with E-state index in [2.05, 4.69) is 25.9 Å². The van der Waals surface area contributed by atoms with Crippen LogP contribution in [0.2, 0.25) is 0 Å². The largest absolute Gasteiger partial charge is 0.385 e. The number of imidazole rings is 1. The second kappa shape index (κ2) is 6.27. The summed E-state index contributed by atoms with van der Waals surface area (Å²) in [4.78, 5) is 7.40. The van der Waals surface area contributed by atoms with Crippen LogP contribution in [0.15, 0.2) is 28.9 Å². The first-order chi connectivity index (χ1) is 9.11. The highest BCUT2D eigenvalue weighted by Gasteiger charge is 2.11. The van der Waals surface area contributed by atoms with Crippen LogP contribution in [0, 0.1) is 5.82 Å². The van der Waals surface area contributed by atoms with E-state index in [0.29, 0.717) is 23.3 Å². The highest BCUT2D eigenvalue weighted by Crippen LogP contribution is 2.25.